The van der Waals surface area contributed by atoms with Crippen LogP contribution in [0.5, 0.6) is 5.75 Å². The molecule has 25 heavy (non-hydrogen) atoms. The molecule has 0 fully saturated rings. The number of phenols is 1. The molecule has 5 nitrogen and oxygen atoms in total. The summed E-state index contributed by atoms with van der Waals surface area (Å²) >= 11 is 0. The third-order valence-corrected chi connectivity index (χ3v) is 3.51. The number of hydrogen-bond acceptors (Lipinski definition) is 4. The molecular weight excluding hydrogens is 319 g/mol. The maximum absolute atomic E-state index is 13.4. The monoisotopic (exact) mass is 336 g/mol. The van der Waals surface area contributed by atoms with Crippen LogP contribution in [-0.4, -0.2) is 19.5 Å². The number of phenolic OH excluding ortho intramolecular Hbond substituents is 1. The van der Waals surface area contributed by atoms with E-state index in [4.69, 9.17) is 0 Å². The Kier molecular flexibility index (Phi) is 4.61. The number of imidazole rings is 1. The molecule has 0 atom stereocenters. The minimum atomic E-state index is -0.306. The van der Waals surface area contributed by atoms with Crippen molar-refractivity contribution in [3.63, 3.8) is 0 Å². The molecule has 0 aliphatic carbocycles. The van der Waals surface area contributed by atoms with Crippen molar-refractivity contribution in [2.45, 2.75) is 6.92 Å². The van der Waals surface area contributed by atoms with Crippen LogP contribution in [0.3, 0.4) is 0 Å². The van der Waals surface area contributed by atoms with Crippen LogP contribution in [0.25, 0.3) is 11.2 Å². The summed E-state index contributed by atoms with van der Waals surface area (Å²) in [6.07, 6.45) is 9.81. The number of nitrogens with one attached hydrogen (secondary N) is 1. The fraction of sp³-hybridized carbons (Fsp3) is 0.0526. The number of aromatic hydroxyl groups is 1. The van der Waals surface area contributed by atoms with Crippen molar-refractivity contribution in [2.24, 2.45) is 0 Å². The Morgan fingerprint density at radius 2 is 2.04 bits per heavy atom. The van der Waals surface area contributed by atoms with E-state index in [0.29, 0.717) is 17.0 Å². The molecule has 2 aromatic heterocycles. The zero-order valence-electron chi connectivity index (χ0n) is 13.6. The minimum Gasteiger partial charge on any atom is -0.508 e. The summed E-state index contributed by atoms with van der Waals surface area (Å²) in [4.78, 5) is 8.72. The normalized spacial score (nSPS) is 12.4. The molecule has 126 valence electrons. The number of rotatable bonds is 5. The van der Waals surface area contributed by atoms with Crippen LogP contribution in [-0.2, 0) is 0 Å². The first kappa shape index (κ1) is 16.4. The van der Waals surface area contributed by atoms with Gasteiger partial charge in [0.15, 0.2) is 11.5 Å². The smallest absolute Gasteiger partial charge is 0.180 e. The van der Waals surface area contributed by atoms with Crippen molar-refractivity contribution in [3.8, 4) is 5.75 Å². The standard InChI is InChI=1S/C19H17FN4O/c1-3-4-14(11-13(2)20)17-12-22-19-18(21-9-10-24(17)19)23-15-5-7-16(25)8-6-15/h3-12,25H,1H2,2H3,(H,21,23)/b13-11+,14-4+. The molecule has 0 unspecified atom stereocenters. The fourth-order valence-corrected chi connectivity index (χ4v) is 2.45. The van der Waals surface area contributed by atoms with E-state index < -0.39 is 0 Å². The van der Waals surface area contributed by atoms with E-state index in [1.807, 2.05) is 4.40 Å². The van der Waals surface area contributed by atoms with Gasteiger partial charge in [0, 0.05) is 23.7 Å². The van der Waals surface area contributed by atoms with E-state index in [1.165, 1.54) is 13.0 Å². The molecule has 0 saturated heterocycles. The zero-order valence-corrected chi connectivity index (χ0v) is 13.6. The Morgan fingerprint density at radius 3 is 2.72 bits per heavy atom. The van der Waals surface area contributed by atoms with Gasteiger partial charge in [-0.1, -0.05) is 18.7 Å². The number of aromatic nitrogens is 3. The van der Waals surface area contributed by atoms with Crippen LogP contribution < -0.4 is 5.32 Å². The summed E-state index contributed by atoms with van der Waals surface area (Å²) in [7, 11) is 0. The first-order chi connectivity index (χ1) is 12.1. The molecule has 0 radical (unpaired) electrons. The van der Waals surface area contributed by atoms with E-state index >= 15 is 0 Å². The van der Waals surface area contributed by atoms with Crippen molar-refractivity contribution in [1.82, 2.24) is 14.4 Å². The molecule has 2 N–H and O–H groups in total. The van der Waals surface area contributed by atoms with Gasteiger partial charge >= 0.3 is 0 Å². The summed E-state index contributed by atoms with van der Waals surface area (Å²) in [6.45, 7) is 5.06. The first-order valence-corrected chi connectivity index (χ1v) is 7.63. The van der Waals surface area contributed by atoms with Crippen molar-refractivity contribution >= 4 is 22.7 Å². The fourth-order valence-electron chi connectivity index (χ4n) is 2.45. The average Bonchev–Trinajstić information content (AvgIpc) is 3.01. The highest BCUT2D eigenvalue weighted by molar-refractivity contribution is 5.78. The molecule has 3 rings (SSSR count). The summed E-state index contributed by atoms with van der Waals surface area (Å²) in [6, 6.07) is 6.64. The summed E-state index contributed by atoms with van der Waals surface area (Å²) in [5.74, 6) is 0.435. The first-order valence-electron chi connectivity index (χ1n) is 7.63. The summed E-state index contributed by atoms with van der Waals surface area (Å²) in [5.41, 5.74) is 2.75. The lowest BCUT2D eigenvalue weighted by Crippen LogP contribution is -1.99. The maximum Gasteiger partial charge on any atom is 0.180 e. The quantitative estimate of drug-likeness (QED) is 0.527. The molecule has 0 saturated carbocycles. The van der Waals surface area contributed by atoms with Crippen LogP contribution in [0.1, 0.15) is 12.6 Å². The number of benzene rings is 1. The van der Waals surface area contributed by atoms with Gasteiger partial charge in [-0.3, -0.25) is 4.40 Å². The van der Waals surface area contributed by atoms with Crippen molar-refractivity contribution in [3.05, 3.63) is 79.2 Å². The highest BCUT2D eigenvalue weighted by Crippen LogP contribution is 2.25. The number of fused-ring (bicyclic) bond motifs is 1. The molecule has 0 aliphatic rings. The molecule has 3 aromatic rings. The van der Waals surface area contributed by atoms with Gasteiger partial charge < -0.3 is 10.4 Å². The Morgan fingerprint density at radius 1 is 1.28 bits per heavy atom. The molecule has 0 aliphatic heterocycles. The van der Waals surface area contributed by atoms with Crippen LogP contribution in [0.2, 0.25) is 0 Å². The highest BCUT2D eigenvalue weighted by Gasteiger charge is 2.11. The average molecular weight is 336 g/mol. The number of anilines is 2. The van der Waals surface area contributed by atoms with E-state index in [2.05, 4.69) is 21.9 Å². The number of halogens is 1. The third-order valence-electron chi connectivity index (χ3n) is 3.51. The molecule has 0 bridgehead atoms. The molecule has 2 heterocycles. The Bertz CT molecular complexity index is 967. The van der Waals surface area contributed by atoms with Gasteiger partial charge in [-0.05, 0) is 37.3 Å². The molecule has 0 amide bonds. The van der Waals surface area contributed by atoms with Crippen LogP contribution in [0, 0.1) is 0 Å². The molecule has 1 aromatic carbocycles. The third kappa shape index (κ3) is 3.58. The second kappa shape index (κ2) is 7.00. The lowest BCUT2D eigenvalue weighted by atomic mass is 10.1. The second-order valence-electron chi connectivity index (χ2n) is 5.37. The lowest BCUT2D eigenvalue weighted by molar-refractivity contribution is 0.475. The van der Waals surface area contributed by atoms with Crippen molar-refractivity contribution < 1.29 is 9.50 Å². The van der Waals surface area contributed by atoms with E-state index in [-0.39, 0.29) is 11.6 Å². The zero-order chi connectivity index (χ0) is 17.8. The van der Waals surface area contributed by atoms with Crippen LogP contribution in [0.4, 0.5) is 15.9 Å². The minimum absolute atomic E-state index is 0.187. The molecule has 0 spiro atoms. The molecular formula is C19H17FN4O. The second-order valence-corrected chi connectivity index (χ2v) is 5.37. The van der Waals surface area contributed by atoms with Gasteiger partial charge in [-0.25, -0.2) is 14.4 Å². The highest BCUT2D eigenvalue weighted by atomic mass is 19.1. The SMILES string of the molecule is C=C/C=C(\C=C(/C)F)c1cnc2c(Nc3ccc(O)cc3)nccn12. The van der Waals surface area contributed by atoms with E-state index in [1.54, 1.807) is 55.0 Å². The Hall–Kier alpha value is -3.41. The maximum atomic E-state index is 13.4. The van der Waals surface area contributed by atoms with Gasteiger partial charge in [0.05, 0.1) is 17.7 Å². The Balaban J connectivity index is 2.05. The van der Waals surface area contributed by atoms with Crippen LogP contribution >= 0.6 is 0 Å². The van der Waals surface area contributed by atoms with Gasteiger partial charge in [0.25, 0.3) is 0 Å². The molecule has 6 heteroatoms. The largest absolute Gasteiger partial charge is 0.508 e. The predicted octanol–water partition coefficient (Wildman–Crippen LogP) is 4.62. The Labute approximate surface area is 144 Å². The van der Waals surface area contributed by atoms with Gasteiger partial charge in [-0.15, -0.1) is 0 Å². The van der Waals surface area contributed by atoms with Gasteiger partial charge in [-0.2, -0.15) is 0 Å². The topological polar surface area (TPSA) is 62.5 Å². The summed E-state index contributed by atoms with van der Waals surface area (Å²) in [5, 5.41) is 12.5. The van der Waals surface area contributed by atoms with Crippen molar-refractivity contribution in [2.75, 3.05) is 5.32 Å². The number of hydrogen-bond donors (Lipinski definition) is 2. The van der Waals surface area contributed by atoms with E-state index in [9.17, 15) is 9.50 Å². The van der Waals surface area contributed by atoms with Crippen molar-refractivity contribution in [1.29, 1.82) is 0 Å². The number of allylic oxidation sites excluding steroid dienone is 5. The predicted molar refractivity (Wildman–Crippen MR) is 97.4 cm³/mol. The van der Waals surface area contributed by atoms with Gasteiger partial charge in [0.2, 0.25) is 0 Å². The van der Waals surface area contributed by atoms with E-state index in [0.717, 1.165) is 11.4 Å². The summed E-state index contributed by atoms with van der Waals surface area (Å²) < 4.78 is 15.2. The van der Waals surface area contributed by atoms with Gasteiger partial charge in [0.1, 0.15) is 5.75 Å². The van der Waals surface area contributed by atoms with Crippen LogP contribution in [0.15, 0.2) is 73.5 Å². The number of nitrogens with zero attached hydrogens (tertiary/aromatic N) is 3. The lowest BCUT2D eigenvalue weighted by Gasteiger charge is -2.08.